The number of likely N-dealkylation sites (tertiary alicyclic amines) is 1. The molecule has 1 aromatic rings. The Labute approximate surface area is 140 Å². The first-order chi connectivity index (χ1) is 11.2. The number of hydrogen-bond acceptors (Lipinski definition) is 4. The van der Waals surface area contributed by atoms with Crippen LogP contribution in [-0.2, 0) is 26.4 Å². The first-order valence-electron chi connectivity index (χ1n) is 7.79. The first kappa shape index (κ1) is 16.8. The molecule has 3 rings (SSSR count). The summed E-state index contributed by atoms with van der Waals surface area (Å²) in [5.41, 5.74) is 1.16. The first-order valence-corrected chi connectivity index (χ1v) is 9.19. The van der Waals surface area contributed by atoms with Crippen LogP contribution in [0.25, 0.3) is 0 Å². The summed E-state index contributed by atoms with van der Waals surface area (Å²) >= 11 is 0. The fraction of sp³-hybridized carbons (Fsp3) is 0.533. The van der Waals surface area contributed by atoms with Gasteiger partial charge in [-0.05, 0) is 17.9 Å². The maximum absolute atomic E-state index is 12.4. The third-order valence-corrected chi connectivity index (χ3v) is 5.56. The molecule has 3 heterocycles. The predicted octanol–water partition coefficient (Wildman–Crippen LogP) is -0.288. The second kappa shape index (κ2) is 5.82. The highest BCUT2D eigenvalue weighted by Gasteiger charge is 2.60. The molecule has 130 valence electrons. The molecule has 0 bridgehead atoms. The van der Waals surface area contributed by atoms with Crippen molar-refractivity contribution in [1.82, 2.24) is 9.21 Å². The van der Waals surface area contributed by atoms with Crippen LogP contribution in [-0.4, -0.2) is 52.6 Å². The molecular formula is C15H20N3O5S+. The summed E-state index contributed by atoms with van der Waals surface area (Å²) in [5.74, 6) is -0.588. The van der Waals surface area contributed by atoms with Gasteiger partial charge in [-0.15, -0.1) is 0 Å². The number of rotatable bonds is 4. The predicted molar refractivity (Wildman–Crippen MR) is 83.0 cm³/mol. The number of carbonyl (C=O) groups excluding carboxylic acids is 2. The zero-order valence-corrected chi connectivity index (χ0v) is 14.3. The van der Waals surface area contributed by atoms with E-state index in [1.165, 1.54) is 4.90 Å². The largest absolute Gasteiger partial charge is 0.362 e. The summed E-state index contributed by atoms with van der Waals surface area (Å²) in [7, 11) is -4.55. The van der Waals surface area contributed by atoms with E-state index in [4.69, 9.17) is 4.55 Å². The molecule has 0 aliphatic carbocycles. The van der Waals surface area contributed by atoms with Gasteiger partial charge in [0.2, 0.25) is 6.54 Å². The molecule has 9 heteroatoms. The highest BCUT2D eigenvalue weighted by molar-refractivity contribution is 7.84. The van der Waals surface area contributed by atoms with Crippen LogP contribution in [0.4, 0.5) is 0 Å². The molecule has 2 aliphatic rings. The van der Waals surface area contributed by atoms with Crippen LogP contribution < -0.4 is 4.57 Å². The molecular weight excluding hydrogens is 334 g/mol. The molecule has 1 N–H and O–H groups in total. The van der Waals surface area contributed by atoms with E-state index in [2.05, 4.69) is 13.8 Å². The second-order valence-electron chi connectivity index (χ2n) is 6.46. The summed E-state index contributed by atoms with van der Waals surface area (Å²) in [6, 6.07) is 2.46. The van der Waals surface area contributed by atoms with Gasteiger partial charge in [0.05, 0.1) is 6.04 Å². The van der Waals surface area contributed by atoms with Crippen molar-refractivity contribution in [2.24, 2.45) is 0 Å². The number of fused-ring (bicyclic) bond motifs is 1. The number of aromatic nitrogens is 1. The van der Waals surface area contributed by atoms with Crippen molar-refractivity contribution in [3.05, 3.63) is 30.1 Å². The number of amides is 2. The van der Waals surface area contributed by atoms with E-state index in [1.807, 2.05) is 24.5 Å². The van der Waals surface area contributed by atoms with Crippen molar-refractivity contribution in [1.29, 1.82) is 0 Å². The standard InChI is InChI=1S/C15H19N3O5S/c1-10(2)11-3-6-16(7-4-11)9-13(19)17-8-5-12-14(17)15(20)18(12)24(21,22)23/h3-4,6-7,10,12,14H,5,8-9H2,1-2H3/p+1/t12-,14+/m1/s1. The molecule has 0 unspecified atom stereocenters. The minimum Gasteiger partial charge on any atom is -0.323 e. The lowest BCUT2D eigenvalue weighted by atomic mass is 10.0. The highest BCUT2D eigenvalue weighted by Crippen LogP contribution is 2.35. The topological polar surface area (TPSA) is 98.9 Å². The lowest BCUT2D eigenvalue weighted by molar-refractivity contribution is -0.685. The van der Waals surface area contributed by atoms with Gasteiger partial charge in [0, 0.05) is 18.7 Å². The Morgan fingerprint density at radius 1 is 1.38 bits per heavy atom. The lowest BCUT2D eigenvalue weighted by Gasteiger charge is -2.42. The number of hydrogen-bond donors (Lipinski definition) is 1. The van der Waals surface area contributed by atoms with Crippen molar-refractivity contribution < 1.29 is 27.1 Å². The monoisotopic (exact) mass is 354 g/mol. The van der Waals surface area contributed by atoms with Crippen LogP contribution in [0, 0.1) is 0 Å². The Balaban J connectivity index is 1.68. The molecule has 2 amide bonds. The number of carbonyl (C=O) groups is 2. The van der Waals surface area contributed by atoms with Gasteiger partial charge < -0.3 is 4.90 Å². The smallest absolute Gasteiger partial charge is 0.323 e. The van der Waals surface area contributed by atoms with Crippen molar-refractivity contribution in [3.63, 3.8) is 0 Å². The van der Waals surface area contributed by atoms with Crippen molar-refractivity contribution in [2.45, 2.75) is 44.8 Å². The molecule has 0 spiro atoms. The maximum atomic E-state index is 12.4. The van der Waals surface area contributed by atoms with E-state index in [9.17, 15) is 18.0 Å². The van der Waals surface area contributed by atoms with Crippen LogP contribution in [0.2, 0.25) is 0 Å². The zero-order valence-electron chi connectivity index (χ0n) is 13.5. The molecule has 2 aliphatic heterocycles. The van der Waals surface area contributed by atoms with Crippen molar-refractivity contribution in [2.75, 3.05) is 6.54 Å². The van der Waals surface area contributed by atoms with Crippen LogP contribution >= 0.6 is 0 Å². The third-order valence-electron chi connectivity index (χ3n) is 4.61. The number of nitrogens with zero attached hydrogens (tertiary/aromatic N) is 3. The van der Waals surface area contributed by atoms with Gasteiger partial charge in [0.15, 0.2) is 12.4 Å². The van der Waals surface area contributed by atoms with Crippen LogP contribution in [0.1, 0.15) is 31.7 Å². The molecule has 24 heavy (non-hydrogen) atoms. The number of β-lactam (4-membered cyclic amide) rings is 1. The van der Waals surface area contributed by atoms with Crippen LogP contribution in [0.5, 0.6) is 0 Å². The second-order valence-corrected chi connectivity index (χ2v) is 7.75. The summed E-state index contributed by atoms with van der Waals surface area (Å²) in [6.07, 6.45) is 3.97. The highest BCUT2D eigenvalue weighted by atomic mass is 32.2. The summed E-state index contributed by atoms with van der Waals surface area (Å²) in [4.78, 5) is 25.8. The van der Waals surface area contributed by atoms with Crippen LogP contribution in [0.3, 0.4) is 0 Å². The molecule has 2 atom stereocenters. The van der Waals surface area contributed by atoms with Gasteiger partial charge in [-0.1, -0.05) is 13.8 Å². The van der Waals surface area contributed by atoms with Gasteiger partial charge in [0.25, 0.3) is 11.8 Å². The third kappa shape index (κ3) is 2.78. The van der Waals surface area contributed by atoms with Gasteiger partial charge in [-0.3, -0.25) is 14.1 Å². The van der Waals surface area contributed by atoms with Gasteiger partial charge >= 0.3 is 10.3 Å². The molecule has 8 nitrogen and oxygen atoms in total. The summed E-state index contributed by atoms with van der Waals surface area (Å²) < 4.78 is 33.6. The van der Waals surface area contributed by atoms with E-state index in [1.54, 1.807) is 4.57 Å². The Bertz CT molecular complexity index is 775. The average Bonchev–Trinajstić information content (AvgIpc) is 2.85. The summed E-state index contributed by atoms with van der Waals surface area (Å²) in [5, 5.41) is 0. The van der Waals surface area contributed by atoms with E-state index in [0.717, 1.165) is 5.56 Å². The zero-order chi connectivity index (χ0) is 17.6. The van der Waals surface area contributed by atoms with Gasteiger partial charge in [0.1, 0.15) is 6.04 Å². The minimum atomic E-state index is -4.55. The fourth-order valence-electron chi connectivity index (χ4n) is 3.30. The summed E-state index contributed by atoms with van der Waals surface area (Å²) in [6.45, 7) is 4.55. The molecule has 0 aromatic carbocycles. The quantitative estimate of drug-likeness (QED) is 0.455. The van der Waals surface area contributed by atoms with Crippen molar-refractivity contribution in [3.8, 4) is 0 Å². The fourth-order valence-corrected chi connectivity index (χ4v) is 4.20. The molecule has 0 saturated carbocycles. The number of pyridine rings is 1. The molecule has 1 aromatic heterocycles. The molecule has 2 fully saturated rings. The van der Waals surface area contributed by atoms with Crippen molar-refractivity contribution >= 4 is 22.1 Å². The normalized spacial score (nSPS) is 23.4. The Kier molecular flexibility index (Phi) is 4.08. The lowest BCUT2D eigenvalue weighted by Crippen LogP contribution is -2.68. The maximum Gasteiger partial charge on any atom is 0.362 e. The molecule has 2 saturated heterocycles. The van der Waals surface area contributed by atoms with Gasteiger partial charge in [-0.25, -0.2) is 4.31 Å². The minimum absolute atomic E-state index is 0.0841. The Morgan fingerprint density at radius 2 is 2.00 bits per heavy atom. The van der Waals surface area contributed by atoms with E-state index in [-0.39, 0.29) is 12.5 Å². The van der Waals surface area contributed by atoms with E-state index >= 15 is 0 Å². The Hall–Kier alpha value is -2.00. The average molecular weight is 354 g/mol. The Morgan fingerprint density at radius 3 is 2.54 bits per heavy atom. The van der Waals surface area contributed by atoms with E-state index in [0.29, 0.717) is 23.2 Å². The van der Waals surface area contributed by atoms with Gasteiger partial charge in [-0.2, -0.15) is 13.0 Å². The van der Waals surface area contributed by atoms with Crippen LogP contribution in [0.15, 0.2) is 24.5 Å². The molecule has 0 radical (unpaired) electrons. The van der Waals surface area contributed by atoms with E-state index < -0.39 is 28.3 Å². The SMILES string of the molecule is CC(C)c1cc[n+](CC(=O)N2CC[C@@H]3[C@H]2C(=O)N3S(=O)(=O)O)cc1.